The molecular formula is C17H25BrFN. The minimum absolute atomic E-state index is 0.193. The lowest BCUT2D eigenvalue weighted by Crippen LogP contribution is -2.55. The summed E-state index contributed by atoms with van der Waals surface area (Å²) in [5, 5.41) is 0. The van der Waals surface area contributed by atoms with Crippen molar-refractivity contribution in [1.29, 1.82) is 0 Å². The highest BCUT2D eigenvalue weighted by atomic mass is 79.9. The first-order valence-corrected chi connectivity index (χ1v) is 8.24. The van der Waals surface area contributed by atoms with Crippen LogP contribution in [0.2, 0.25) is 0 Å². The Morgan fingerprint density at radius 3 is 2.60 bits per heavy atom. The summed E-state index contributed by atoms with van der Waals surface area (Å²) in [6, 6.07) is 5.11. The number of hydrogen-bond donors (Lipinski definition) is 1. The van der Waals surface area contributed by atoms with Crippen LogP contribution in [0.1, 0.15) is 52.0 Å². The van der Waals surface area contributed by atoms with E-state index in [-0.39, 0.29) is 16.8 Å². The maximum absolute atomic E-state index is 13.6. The van der Waals surface area contributed by atoms with E-state index in [1.54, 1.807) is 6.07 Å². The molecule has 2 rings (SSSR count). The van der Waals surface area contributed by atoms with Gasteiger partial charge in [-0.2, -0.15) is 0 Å². The van der Waals surface area contributed by atoms with Crippen molar-refractivity contribution in [1.82, 2.24) is 0 Å². The van der Waals surface area contributed by atoms with Crippen molar-refractivity contribution in [2.75, 3.05) is 0 Å². The lowest BCUT2D eigenvalue weighted by atomic mass is 9.61. The van der Waals surface area contributed by atoms with Gasteiger partial charge in [-0.3, -0.25) is 0 Å². The second-order valence-electron chi connectivity index (χ2n) is 7.35. The number of nitrogens with two attached hydrogens (primary N) is 1. The van der Waals surface area contributed by atoms with Gasteiger partial charge in [0.15, 0.2) is 0 Å². The molecule has 0 aromatic heterocycles. The fraction of sp³-hybridized carbons (Fsp3) is 0.647. The first kappa shape index (κ1) is 16.0. The highest BCUT2D eigenvalue weighted by Gasteiger charge is 2.43. The molecule has 20 heavy (non-hydrogen) atoms. The van der Waals surface area contributed by atoms with Crippen molar-refractivity contribution in [2.24, 2.45) is 17.1 Å². The maximum Gasteiger partial charge on any atom is 0.124 e. The Hall–Kier alpha value is -0.410. The second-order valence-corrected chi connectivity index (χ2v) is 8.27. The molecule has 0 amide bonds. The molecule has 1 aromatic rings. The predicted octanol–water partition coefficient (Wildman–Crippen LogP) is 5.06. The van der Waals surface area contributed by atoms with Gasteiger partial charge < -0.3 is 5.73 Å². The minimum Gasteiger partial charge on any atom is -0.325 e. The summed E-state index contributed by atoms with van der Waals surface area (Å²) in [6.07, 6.45) is 5.40. The normalized spacial score (nSPS) is 27.6. The van der Waals surface area contributed by atoms with E-state index in [0.717, 1.165) is 22.9 Å². The van der Waals surface area contributed by atoms with Gasteiger partial charge in [-0.05, 0) is 54.4 Å². The van der Waals surface area contributed by atoms with Crippen LogP contribution < -0.4 is 5.73 Å². The van der Waals surface area contributed by atoms with E-state index in [1.807, 2.05) is 6.07 Å². The van der Waals surface area contributed by atoms with Crippen LogP contribution in [-0.4, -0.2) is 5.54 Å². The Morgan fingerprint density at radius 1 is 1.30 bits per heavy atom. The van der Waals surface area contributed by atoms with Crippen molar-refractivity contribution < 1.29 is 4.39 Å². The molecular weight excluding hydrogens is 317 g/mol. The average Bonchev–Trinajstić information content (AvgIpc) is 2.25. The first-order valence-electron chi connectivity index (χ1n) is 7.44. The molecule has 1 saturated carbocycles. The molecule has 0 aliphatic heterocycles. The van der Waals surface area contributed by atoms with Crippen LogP contribution in [0.25, 0.3) is 0 Å². The van der Waals surface area contributed by atoms with Gasteiger partial charge >= 0.3 is 0 Å². The average molecular weight is 342 g/mol. The molecule has 1 aromatic carbocycles. The summed E-state index contributed by atoms with van der Waals surface area (Å²) in [4.78, 5) is 0. The Bertz CT molecular complexity index is 460. The van der Waals surface area contributed by atoms with E-state index < -0.39 is 0 Å². The number of rotatable bonds is 2. The fourth-order valence-corrected chi connectivity index (χ4v) is 4.38. The third kappa shape index (κ3) is 3.62. The molecule has 0 saturated heterocycles. The minimum atomic E-state index is -0.219. The molecule has 1 nitrogen and oxygen atoms in total. The Labute approximate surface area is 130 Å². The van der Waals surface area contributed by atoms with Gasteiger partial charge in [0.05, 0.1) is 0 Å². The molecule has 0 heterocycles. The summed E-state index contributed by atoms with van der Waals surface area (Å²) in [5.41, 5.74) is 7.76. The lowest BCUT2D eigenvalue weighted by molar-refractivity contribution is 0.0792. The predicted molar refractivity (Wildman–Crippen MR) is 86.1 cm³/mol. The Kier molecular flexibility index (Phi) is 4.60. The SMILES string of the molecule is CC(C)(C)C1CCCCC1(N)Cc1cc(F)cc(Br)c1. The summed E-state index contributed by atoms with van der Waals surface area (Å²) in [6.45, 7) is 6.81. The zero-order valence-corrected chi connectivity index (χ0v) is 14.3. The zero-order valence-electron chi connectivity index (χ0n) is 12.7. The monoisotopic (exact) mass is 341 g/mol. The topological polar surface area (TPSA) is 26.0 Å². The van der Waals surface area contributed by atoms with E-state index >= 15 is 0 Å². The summed E-state index contributed by atoms with van der Waals surface area (Å²) in [5.74, 6) is 0.284. The van der Waals surface area contributed by atoms with Crippen LogP contribution in [-0.2, 0) is 6.42 Å². The Balaban J connectivity index is 2.27. The van der Waals surface area contributed by atoms with Gasteiger partial charge in [0.2, 0.25) is 0 Å². The summed E-state index contributed by atoms with van der Waals surface area (Å²) < 4.78 is 14.4. The van der Waals surface area contributed by atoms with E-state index in [9.17, 15) is 4.39 Å². The van der Waals surface area contributed by atoms with Gasteiger partial charge in [-0.15, -0.1) is 0 Å². The molecule has 1 aliphatic rings. The van der Waals surface area contributed by atoms with Gasteiger partial charge in [0.1, 0.15) is 5.82 Å². The molecule has 0 spiro atoms. The molecule has 2 unspecified atom stereocenters. The van der Waals surface area contributed by atoms with Crippen molar-refractivity contribution in [3.8, 4) is 0 Å². The maximum atomic E-state index is 13.6. The van der Waals surface area contributed by atoms with Crippen LogP contribution in [0.3, 0.4) is 0 Å². The highest BCUT2D eigenvalue weighted by molar-refractivity contribution is 9.10. The molecule has 0 bridgehead atoms. The smallest absolute Gasteiger partial charge is 0.124 e. The lowest BCUT2D eigenvalue weighted by Gasteiger charge is -2.48. The molecule has 2 N–H and O–H groups in total. The summed E-state index contributed by atoms with van der Waals surface area (Å²) in [7, 11) is 0. The first-order chi connectivity index (χ1) is 9.21. The van der Waals surface area contributed by atoms with E-state index in [0.29, 0.717) is 5.92 Å². The number of halogens is 2. The van der Waals surface area contributed by atoms with Gasteiger partial charge in [0.25, 0.3) is 0 Å². The molecule has 2 atom stereocenters. The van der Waals surface area contributed by atoms with E-state index in [4.69, 9.17) is 5.73 Å². The van der Waals surface area contributed by atoms with E-state index in [2.05, 4.69) is 36.7 Å². The summed E-state index contributed by atoms with van der Waals surface area (Å²) >= 11 is 3.37. The second kappa shape index (κ2) is 5.76. The highest BCUT2D eigenvalue weighted by Crippen LogP contribution is 2.44. The van der Waals surface area contributed by atoms with Crippen molar-refractivity contribution >= 4 is 15.9 Å². The van der Waals surface area contributed by atoms with Crippen LogP contribution in [0, 0.1) is 17.2 Å². The van der Waals surface area contributed by atoms with Crippen LogP contribution in [0.5, 0.6) is 0 Å². The third-order valence-corrected chi connectivity index (χ3v) is 5.04. The van der Waals surface area contributed by atoms with Gasteiger partial charge in [0, 0.05) is 10.0 Å². The largest absolute Gasteiger partial charge is 0.325 e. The van der Waals surface area contributed by atoms with Gasteiger partial charge in [-0.1, -0.05) is 49.5 Å². The van der Waals surface area contributed by atoms with Crippen LogP contribution in [0.4, 0.5) is 4.39 Å². The molecule has 1 fully saturated rings. The van der Waals surface area contributed by atoms with Crippen LogP contribution in [0.15, 0.2) is 22.7 Å². The van der Waals surface area contributed by atoms with Crippen molar-refractivity contribution in [3.05, 3.63) is 34.1 Å². The fourth-order valence-electron chi connectivity index (χ4n) is 3.86. The van der Waals surface area contributed by atoms with Crippen molar-refractivity contribution in [3.63, 3.8) is 0 Å². The standard InChI is InChI=1S/C17H25BrFN/c1-16(2,3)15-6-4-5-7-17(15,20)11-12-8-13(18)10-14(19)9-12/h8-10,15H,4-7,11,20H2,1-3H3. The molecule has 1 aliphatic carbocycles. The third-order valence-electron chi connectivity index (χ3n) is 4.58. The number of benzene rings is 1. The Morgan fingerprint density at radius 2 is 2.00 bits per heavy atom. The molecule has 112 valence electrons. The van der Waals surface area contributed by atoms with Crippen LogP contribution >= 0.6 is 15.9 Å². The molecule has 0 radical (unpaired) electrons. The molecule has 3 heteroatoms. The van der Waals surface area contributed by atoms with E-state index in [1.165, 1.54) is 25.3 Å². The quantitative estimate of drug-likeness (QED) is 0.798. The number of hydrogen-bond acceptors (Lipinski definition) is 1. The van der Waals surface area contributed by atoms with Gasteiger partial charge in [-0.25, -0.2) is 4.39 Å². The zero-order chi connectivity index (χ0) is 15.0. The van der Waals surface area contributed by atoms with Crippen molar-refractivity contribution in [2.45, 2.75) is 58.4 Å².